The van der Waals surface area contributed by atoms with Gasteiger partial charge in [-0.15, -0.1) is 12.4 Å². The summed E-state index contributed by atoms with van der Waals surface area (Å²) in [5.41, 5.74) is 0.996. The number of carbonyl (C=O) groups excluding carboxylic acids is 2. The Bertz CT molecular complexity index is 653. The van der Waals surface area contributed by atoms with Crippen molar-refractivity contribution in [3.63, 3.8) is 0 Å². The predicted octanol–water partition coefficient (Wildman–Crippen LogP) is 1.96. The maximum Gasteiger partial charge on any atom is 0.237 e. The fourth-order valence-corrected chi connectivity index (χ4v) is 4.06. The van der Waals surface area contributed by atoms with Crippen molar-refractivity contribution in [2.45, 2.75) is 38.3 Å². The molecule has 2 fully saturated rings. The Hall–Kier alpha value is -1.34. The molecule has 0 bridgehead atoms. The predicted molar refractivity (Wildman–Crippen MR) is 114 cm³/mol. The lowest BCUT2D eigenvalue weighted by molar-refractivity contribution is -0.124. The number of likely N-dealkylation sites (tertiary alicyclic amines) is 1. The van der Waals surface area contributed by atoms with E-state index in [1.54, 1.807) is 0 Å². The second-order valence-electron chi connectivity index (χ2n) is 7.54. The number of piperidine rings is 1. The molecular formula is C20H30Cl2N4O2. The highest BCUT2D eigenvalue weighted by Gasteiger charge is 2.25. The summed E-state index contributed by atoms with van der Waals surface area (Å²) in [6.45, 7) is 4.29. The lowest BCUT2D eigenvalue weighted by Gasteiger charge is -2.32. The number of nitrogens with zero attached hydrogens (tertiary/aromatic N) is 1. The van der Waals surface area contributed by atoms with Crippen molar-refractivity contribution in [3.05, 3.63) is 34.9 Å². The van der Waals surface area contributed by atoms with Crippen LogP contribution in [0, 0.1) is 5.92 Å². The maximum absolute atomic E-state index is 12.3. The fourth-order valence-electron chi connectivity index (χ4n) is 3.84. The number of hydrogen-bond donors (Lipinski definition) is 3. The molecule has 0 aromatic heterocycles. The molecule has 2 aliphatic heterocycles. The van der Waals surface area contributed by atoms with E-state index in [0.29, 0.717) is 30.6 Å². The van der Waals surface area contributed by atoms with Crippen LogP contribution >= 0.6 is 24.0 Å². The molecule has 2 aliphatic rings. The molecule has 1 aromatic carbocycles. The number of amides is 2. The quantitative estimate of drug-likeness (QED) is 0.620. The van der Waals surface area contributed by atoms with E-state index in [-0.39, 0.29) is 30.3 Å². The van der Waals surface area contributed by atoms with Gasteiger partial charge in [0.05, 0.1) is 12.6 Å². The first-order valence-corrected chi connectivity index (χ1v) is 10.2. The molecule has 0 saturated carbocycles. The molecule has 28 heavy (non-hydrogen) atoms. The van der Waals surface area contributed by atoms with E-state index in [4.69, 9.17) is 11.6 Å². The third-order valence-corrected chi connectivity index (χ3v) is 5.53. The van der Waals surface area contributed by atoms with E-state index >= 15 is 0 Å². The SMILES string of the molecule is Cl.O=C(CN1CCCC(CNC(=O)C2CCCN2)C1)NCc1cccc(Cl)c1. The highest BCUT2D eigenvalue weighted by Crippen LogP contribution is 2.16. The monoisotopic (exact) mass is 428 g/mol. The van der Waals surface area contributed by atoms with E-state index in [1.807, 2.05) is 24.3 Å². The Morgan fingerprint density at radius 1 is 1.21 bits per heavy atom. The summed E-state index contributed by atoms with van der Waals surface area (Å²) in [5.74, 6) is 0.545. The molecule has 2 unspecified atom stereocenters. The summed E-state index contributed by atoms with van der Waals surface area (Å²) in [6, 6.07) is 7.49. The Kier molecular flexibility index (Phi) is 9.51. The molecule has 8 heteroatoms. The number of nitrogens with one attached hydrogen (secondary N) is 3. The van der Waals surface area contributed by atoms with Gasteiger partial charge in [-0.3, -0.25) is 14.5 Å². The van der Waals surface area contributed by atoms with Gasteiger partial charge < -0.3 is 16.0 Å². The molecule has 2 heterocycles. The van der Waals surface area contributed by atoms with E-state index < -0.39 is 0 Å². The van der Waals surface area contributed by atoms with Crippen molar-refractivity contribution in [3.8, 4) is 0 Å². The number of carbonyl (C=O) groups is 2. The van der Waals surface area contributed by atoms with Crippen LogP contribution in [0.1, 0.15) is 31.2 Å². The van der Waals surface area contributed by atoms with E-state index in [0.717, 1.165) is 50.9 Å². The van der Waals surface area contributed by atoms with Gasteiger partial charge in [0.15, 0.2) is 0 Å². The fraction of sp³-hybridized carbons (Fsp3) is 0.600. The number of halogens is 2. The van der Waals surface area contributed by atoms with Crippen LogP contribution in [0.5, 0.6) is 0 Å². The van der Waals surface area contributed by atoms with Gasteiger partial charge in [0.2, 0.25) is 11.8 Å². The van der Waals surface area contributed by atoms with Crippen LogP contribution in [0.4, 0.5) is 0 Å². The first kappa shape index (κ1) is 22.9. The number of rotatable bonds is 7. The van der Waals surface area contributed by atoms with Crippen molar-refractivity contribution in [2.75, 3.05) is 32.7 Å². The molecule has 0 aliphatic carbocycles. The first-order valence-electron chi connectivity index (χ1n) is 9.85. The van der Waals surface area contributed by atoms with Crippen molar-refractivity contribution < 1.29 is 9.59 Å². The van der Waals surface area contributed by atoms with Crippen LogP contribution in [-0.2, 0) is 16.1 Å². The van der Waals surface area contributed by atoms with Crippen LogP contribution in [0.3, 0.4) is 0 Å². The van der Waals surface area contributed by atoms with Crippen molar-refractivity contribution in [2.24, 2.45) is 5.92 Å². The highest BCUT2D eigenvalue weighted by molar-refractivity contribution is 6.30. The Morgan fingerprint density at radius 2 is 2.07 bits per heavy atom. The van der Waals surface area contributed by atoms with Gasteiger partial charge in [0.25, 0.3) is 0 Å². The van der Waals surface area contributed by atoms with Gasteiger partial charge in [-0.1, -0.05) is 23.7 Å². The topological polar surface area (TPSA) is 73.5 Å². The Balaban J connectivity index is 0.00000280. The molecule has 2 atom stereocenters. The minimum Gasteiger partial charge on any atom is -0.354 e. The third kappa shape index (κ3) is 7.24. The molecule has 3 N–H and O–H groups in total. The van der Waals surface area contributed by atoms with Crippen LogP contribution in [-0.4, -0.2) is 55.5 Å². The lowest BCUT2D eigenvalue weighted by Crippen LogP contribution is -2.47. The second-order valence-corrected chi connectivity index (χ2v) is 7.98. The zero-order valence-corrected chi connectivity index (χ0v) is 17.7. The minimum atomic E-state index is -0.0260. The lowest BCUT2D eigenvalue weighted by atomic mass is 9.98. The highest BCUT2D eigenvalue weighted by atomic mass is 35.5. The molecule has 156 valence electrons. The van der Waals surface area contributed by atoms with Gasteiger partial charge in [-0.2, -0.15) is 0 Å². The molecule has 2 amide bonds. The van der Waals surface area contributed by atoms with E-state index in [1.165, 1.54) is 0 Å². The first-order chi connectivity index (χ1) is 13.1. The van der Waals surface area contributed by atoms with E-state index in [2.05, 4.69) is 20.9 Å². The number of benzene rings is 1. The summed E-state index contributed by atoms with van der Waals surface area (Å²) in [7, 11) is 0. The maximum atomic E-state index is 12.3. The zero-order chi connectivity index (χ0) is 19.1. The van der Waals surface area contributed by atoms with E-state index in [9.17, 15) is 9.59 Å². The average molecular weight is 429 g/mol. The van der Waals surface area contributed by atoms with Gasteiger partial charge in [0, 0.05) is 24.7 Å². The van der Waals surface area contributed by atoms with Gasteiger partial charge in [-0.25, -0.2) is 0 Å². The standard InChI is InChI=1S/C20H29ClN4O2.ClH/c21-17-6-1-4-15(10-17)11-23-19(26)14-25-9-3-5-16(13-25)12-24-20(27)18-7-2-8-22-18;/h1,4,6,10,16,18,22H,2-3,5,7-9,11-14H2,(H,23,26)(H,24,27);1H. The smallest absolute Gasteiger partial charge is 0.237 e. The zero-order valence-electron chi connectivity index (χ0n) is 16.1. The van der Waals surface area contributed by atoms with Crippen molar-refractivity contribution in [1.82, 2.24) is 20.9 Å². The normalized spacial score (nSPS) is 22.3. The van der Waals surface area contributed by atoms with Gasteiger partial charge >= 0.3 is 0 Å². The van der Waals surface area contributed by atoms with Gasteiger partial charge in [-0.05, 0) is 62.4 Å². The summed E-state index contributed by atoms with van der Waals surface area (Å²) < 4.78 is 0. The van der Waals surface area contributed by atoms with Crippen LogP contribution in [0.15, 0.2) is 24.3 Å². The molecule has 3 rings (SSSR count). The second kappa shape index (κ2) is 11.6. The van der Waals surface area contributed by atoms with Crippen molar-refractivity contribution >= 4 is 35.8 Å². The molecular weight excluding hydrogens is 399 g/mol. The molecule has 0 spiro atoms. The summed E-state index contributed by atoms with van der Waals surface area (Å²) in [6.07, 6.45) is 4.15. The molecule has 2 saturated heterocycles. The summed E-state index contributed by atoms with van der Waals surface area (Å²) >= 11 is 5.97. The minimum absolute atomic E-state index is 0. The number of hydrogen-bond acceptors (Lipinski definition) is 4. The Labute approximate surface area is 178 Å². The summed E-state index contributed by atoms with van der Waals surface area (Å²) in [5, 5.41) is 9.94. The van der Waals surface area contributed by atoms with Crippen molar-refractivity contribution in [1.29, 1.82) is 0 Å². The largest absolute Gasteiger partial charge is 0.354 e. The summed E-state index contributed by atoms with van der Waals surface area (Å²) in [4.78, 5) is 26.6. The third-order valence-electron chi connectivity index (χ3n) is 5.29. The van der Waals surface area contributed by atoms with Crippen LogP contribution < -0.4 is 16.0 Å². The molecule has 1 aromatic rings. The van der Waals surface area contributed by atoms with Crippen LogP contribution in [0.2, 0.25) is 5.02 Å². The Morgan fingerprint density at radius 3 is 2.82 bits per heavy atom. The molecule has 0 radical (unpaired) electrons. The average Bonchev–Trinajstić information content (AvgIpc) is 3.20. The van der Waals surface area contributed by atoms with Gasteiger partial charge in [0.1, 0.15) is 0 Å². The molecule has 6 nitrogen and oxygen atoms in total. The van der Waals surface area contributed by atoms with Crippen LogP contribution in [0.25, 0.3) is 0 Å².